The van der Waals surface area contributed by atoms with E-state index < -0.39 is 11.4 Å². The van der Waals surface area contributed by atoms with Crippen LogP contribution in [0.4, 0.5) is 0 Å². The molecule has 1 amide bonds. The summed E-state index contributed by atoms with van der Waals surface area (Å²) < 4.78 is 5.41. The Hall–Kier alpha value is -2.04. The Kier molecular flexibility index (Phi) is 4.27. The van der Waals surface area contributed by atoms with E-state index in [2.05, 4.69) is 0 Å². The maximum absolute atomic E-state index is 12.0. The summed E-state index contributed by atoms with van der Waals surface area (Å²) in [4.78, 5) is 24.8. The van der Waals surface area contributed by atoms with Crippen LogP contribution in [0, 0.1) is 5.41 Å². The van der Waals surface area contributed by atoms with Crippen LogP contribution >= 0.6 is 0 Å². The molecule has 0 aromatic heterocycles. The first-order valence-corrected chi connectivity index (χ1v) is 6.70. The molecular weight excluding hydrogens is 258 g/mol. The maximum Gasteiger partial charge on any atom is 0.309 e. The molecule has 108 valence electrons. The monoisotopic (exact) mass is 277 g/mol. The van der Waals surface area contributed by atoms with Gasteiger partial charge in [0.15, 0.2) is 6.61 Å². The number of para-hydroxylation sites is 1. The van der Waals surface area contributed by atoms with Crippen molar-refractivity contribution >= 4 is 11.9 Å². The molecule has 1 aromatic rings. The third kappa shape index (κ3) is 3.29. The summed E-state index contributed by atoms with van der Waals surface area (Å²) in [6, 6.07) is 9.17. The quantitative estimate of drug-likeness (QED) is 0.911. The minimum atomic E-state index is -0.787. The molecule has 1 fully saturated rings. The highest BCUT2D eigenvalue weighted by atomic mass is 16.5. The molecule has 1 N–H and O–H groups in total. The van der Waals surface area contributed by atoms with Gasteiger partial charge >= 0.3 is 5.97 Å². The van der Waals surface area contributed by atoms with E-state index in [4.69, 9.17) is 9.84 Å². The minimum Gasteiger partial charge on any atom is -0.484 e. The van der Waals surface area contributed by atoms with Gasteiger partial charge in [-0.1, -0.05) is 18.2 Å². The van der Waals surface area contributed by atoms with Gasteiger partial charge in [0.2, 0.25) is 0 Å². The number of aliphatic carboxylic acids is 1. The molecule has 0 atom stereocenters. The van der Waals surface area contributed by atoms with E-state index in [1.54, 1.807) is 24.0 Å². The van der Waals surface area contributed by atoms with Gasteiger partial charge in [-0.15, -0.1) is 0 Å². The van der Waals surface area contributed by atoms with E-state index in [1.165, 1.54) is 0 Å². The van der Waals surface area contributed by atoms with Crippen molar-refractivity contribution in [2.45, 2.75) is 19.8 Å². The Morgan fingerprint density at radius 2 is 1.85 bits per heavy atom. The standard InChI is InChI=1S/C15H19NO4/c1-15(14(18)19)7-9-16(10-8-15)13(17)11-20-12-5-3-2-4-6-12/h2-6H,7-11H2,1H3,(H,18,19). The van der Waals surface area contributed by atoms with Crippen molar-refractivity contribution < 1.29 is 19.4 Å². The van der Waals surface area contributed by atoms with Crippen molar-refractivity contribution in [3.05, 3.63) is 30.3 Å². The molecule has 5 nitrogen and oxygen atoms in total. The Balaban J connectivity index is 1.82. The highest BCUT2D eigenvalue weighted by molar-refractivity contribution is 5.79. The fraction of sp³-hybridized carbons (Fsp3) is 0.467. The molecule has 1 aliphatic rings. The van der Waals surface area contributed by atoms with Crippen LogP contribution in [-0.2, 0) is 9.59 Å². The van der Waals surface area contributed by atoms with Crippen LogP contribution in [0.1, 0.15) is 19.8 Å². The zero-order valence-electron chi connectivity index (χ0n) is 11.5. The molecule has 20 heavy (non-hydrogen) atoms. The minimum absolute atomic E-state index is 0.00615. The second-order valence-corrected chi connectivity index (χ2v) is 5.35. The summed E-state index contributed by atoms with van der Waals surface area (Å²) in [5, 5.41) is 9.15. The lowest BCUT2D eigenvalue weighted by atomic mass is 9.80. The summed E-state index contributed by atoms with van der Waals surface area (Å²) in [5.74, 6) is -0.223. The van der Waals surface area contributed by atoms with E-state index in [0.29, 0.717) is 31.7 Å². The number of carboxylic acids is 1. The molecule has 1 saturated heterocycles. The lowest BCUT2D eigenvalue weighted by molar-refractivity contribution is -0.153. The molecule has 0 radical (unpaired) electrons. The van der Waals surface area contributed by atoms with Gasteiger partial charge in [-0.05, 0) is 31.9 Å². The van der Waals surface area contributed by atoms with Crippen molar-refractivity contribution in [3.8, 4) is 5.75 Å². The number of hydrogen-bond acceptors (Lipinski definition) is 3. The molecule has 0 aliphatic carbocycles. The van der Waals surface area contributed by atoms with Crippen molar-refractivity contribution in [1.82, 2.24) is 4.90 Å². The number of likely N-dealkylation sites (tertiary alicyclic amines) is 1. The number of carbonyl (C=O) groups excluding carboxylic acids is 1. The number of nitrogens with zero attached hydrogens (tertiary/aromatic N) is 1. The van der Waals surface area contributed by atoms with E-state index in [1.807, 2.05) is 18.2 Å². The van der Waals surface area contributed by atoms with Crippen LogP contribution in [0.2, 0.25) is 0 Å². The number of ether oxygens (including phenoxy) is 1. The van der Waals surface area contributed by atoms with Crippen LogP contribution in [-0.4, -0.2) is 41.6 Å². The molecule has 0 unspecified atom stereocenters. The van der Waals surface area contributed by atoms with Gasteiger partial charge in [-0.2, -0.15) is 0 Å². The summed E-state index contributed by atoms with van der Waals surface area (Å²) in [6.45, 7) is 2.67. The van der Waals surface area contributed by atoms with Crippen molar-refractivity contribution in [2.24, 2.45) is 5.41 Å². The Morgan fingerprint density at radius 3 is 2.40 bits per heavy atom. The predicted molar refractivity (Wildman–Crippen MR) is 73.5 cm³/mol. The zero-order chi connectivity index (χ0) is 14.6. The lowest BCUT2D eigenvalue weighted by Crippen LogP contribution is -2.46. The van der Waals surface area contributed by atoms with Gasteiger partial charge in [-0.3, -0.25) is 9.59 Å². The van der Waals surface area contributed by atoms with E-state index in [-0.39, 0.29) is 12.5 Å². The van der Waals surface area contributed by atoms with Crippen LogP contribution in [0.5, 0.6) is 5.75 Å². The second-order valence-electron chi connectivity index (χ2n) is 5.35. The average Bonchev–Trinajstić information content (AvgIpc) is 2.46. The molecule has 0 bridgehead atoms. The largest absolute Gasteiger partial charge is 0.484 e. The smallest absolute Gasteiger partial charge is 0.309 e. The number of benzene rings is 1. The van der Waals surface area contributed by atoms with E-state index in [9.17, 15) is 9.59 Å². The zero-order valence-corrected chi connectivity index (χ0v) is 11.5. The highest BCUT2D eigenvalue weighted by Crippen LogP contribution is 2.31. The average molecular weight is 277 g/mol. The fourth-order valence-electron chi connectivity index (χ4n) is 2.22. The summed E-state index contributed by atoms with van der Waals surface area (Å²) >= 11 is 0. The van der Waals surface area contributed by atoms with Gasteiger partial charge in [0, 0.05) is 13.1 Å². The molecule has 5 heteroatoms. The van der Waals surface area contributed by atoms with Gasteiger partial charge in [0.25, 0.3) is 5.91 Å². The molecule has 2 rings (SSSR count). The normalized spacial score (nSPS) is 17.6. The van der Waals surface area contributed by atoms with Gasteiger partial charge in [0.1, 0.15) is 5.75 Å². The third-order valence-corrected chi connectivity index (χ3v) is 3.84. The van der Waals surface area contributed by atoms with Gasteiger partial charge in [0.05, 0.1) is 5.41 Å². The first kappa shape index (κ1) is 14.4. The predicted octanol–water partition coefficient (Wildman–Crippen LogP) is 1.78. The third-order valence-electron chi connectivity index (χ3n) is 3.84. The van der Waals surface area contributed by atoms with Gasteiger partial charge in [-0.25, -0.2) is 0 Å². The lowest BCUT2D eigenvalue weighted by Gasteiger charge is -2.36. The van der Waals surface area contributed by atoms with Crippen molar-refractivity contribution in [3.63, 3.8) is 0 Å². The number of amides is 1. The molecule has 1 heterocycles. The highest BCUT2D eigenvalue weighted by Gasteiger charge is 2.37. The molecule has 0 saturated carbocycles. The first-order valence-electron chi connectivity index (χ1n) is 6.70. The van der Waals surface area contributed by atoms with Crippen molar-refractivity contribution in [1.29, 1.82) is 0 Å². The van der Waals surface area contributed by atoms with Gasteiger partial charge < -0.3 is 14.7 Å². The first-order chi connectivity index (χ1) is 9.51. The molecular formula is C15H19NO4. The summed E-state index contributed by atoms with van der Waals surface area (Å²) in [7, 11) is 0. The molecule has 0 spiro atoms. The molecule has 1 aromatic carbocycles. The fourth-order valence-corrected chi connectivity index (χ4v) is 2.22. The Labute approximate surface area is 118 Å². The van der Waals surface area contributed by atoms with Crippen LogP contribution in [0.25, 0.3) is 0 Å². The van der Waals surface area contributed by atoms with Crippen molar-refractivity contribution in [2.75, 3.05) is 19.7 Å². The number of carboxylic acid groups (broad SMARTS) is 1. The Morgan fingerprint density at radius 1 is 1.25 bits per heavy atom. The van der Waals surface area contributed by atoms with E-state index in [0.717, 1.165) is 0 Å². The number of piperidine rings is 1. The SMILES string of the molecule is CC1(C(=O)O)CCN(C(=O)COc2ccccc2)CC1. The molecule has 1 aliphatic heterocycles. The topological polar surface area (TPSA) is 66.8 Å². The maximum atomic E-state index is 12.0. The van der Waals surface area contributed by atoms with E-state index >= 15 is 0 Å². The number of carbonyl (C=O) groups is 2. The van der Waals surface area contributed by atoms with Crippen LogP contribution in [0.3, 0.4) is 0 Å². The van der Waals surface area contributed by atoms with Crippen LogP contribution in [0.15, 0.2) is 30.3 Å². The number of rotatable bonds is 4. The number of hydrogen-bond donors (Lipinski definition) is 1. The Bertz CT molecular complexity index is 478. The summed E-state index contributed by atoms with van der Waals surface area (Å²) in [5.41, 5.74) is -0.711. The second kappa shape index (κ2) is 5.94. The van der Waals surface area contributed by atoms with Crippen LogP contribution < -0.4 is 4.74 Å². The summed E-state index contributed by atoms with van der Waals surface area (Å²) in [6.07, 6.45) is 0.971.